The number of ketones is 2. The van der Waals surface area contributed by atoms with Gasteiger partial charge in [0.15, 0.2) is 11.6 Å². The summed E-state index contributed by atoms with van der Waals surface area (Å²) in [5, 5.41) is 0. The van der Waals surface area contributed by atoms with Crippen LogP contribution in [0.2, 0.25) is 0 Å². The summed E-state index contributed by atoms with van der Waals surface area (Å²) < 4.78 is 60.7. The van der Waals surface area contributed by atoms with Crippen LogP contribution in [-0.4, -0.2) is 58.3 Å². The summed E-state index contributed by atoms with van der Waals surface area (Å²) in [6, 6.07) is 35.8. The standard InChI is InChI=1S/C23H21FO3.C20H24BFO3.C9H9BrO2/c1-15(25)20-14-18(7-11-22(20)26-2)21-13-17(6-10-23(21)27-3)12-16-4-8-19(24)9-5-16;1-19(2)20(3,4)25-21(24-19)17-13-15(8-11-18(17)23-5)12-14-6-9-16(22)10-7-14;1-6(11)8-5-7(10)3-4-9(8)12-2/h4-11,13-14H,12H2,1-3H3;6-11,13H,12H2,1-5H3;3-5H,1-2H3. The second kappa shape index (κ2) is 21.7. The van der Waals surface area contributed by atoms with Gasteiger partial charge in [-0.15, -0.1) is 0 Å². The van der Waals surface area contributed by atoms with Gasteiger partial charge in [-0.25, -0.2) is 8.78 Å². The van der Waals surface area contributed by atoms with Gasteiger partial charge in [0.25, 0.3) is 0 Å². The first kappa shape index (κ1) is 49.2. The monoisotopic (exact) mass is 934 g/mol. The van der Waals surface area contributed by atoms with Crippen LogP contribution in [0.4, 0.5) is 8.78 Å². The van der Waals surface area contributed by atoms with Crippen LogP contribution in [-0.2, 0) is 22.2 Å². The lowest BCUT2D eigenvalue weighted by Crippen LogP contribution is -2.41. The zero-order chi connectivity index (χ0) is 46.8. The van der Waals surface area contributed by atoms with E-state index < -0.39 is 18.3 Å². The number of hydrogen-bond acceptors (Lipinski definition) is 8. The van der Waals surface area contributed by atoms with Crippen molar-refractivity contribution in [2.75, 3.05) is 28.4 Å². The molecule has 1 aliphatic heterocycles. The highest BCUT2D eigenvalue weighted by molar-refractivity contribution is 9.10. The minimum absolute atomic E-state index is 0.00755. The topological polar surface area (TPSA) is 89.5 Å². The van der Waals surface area contributed by atoms with Gasteiger partial charge >= 0.3 is 7.12 Å². The number of carbonyl (C=O) groups excluding carboxylic acids is 2. The molecule has 1 heterocycles. The van der Waals surface area contributed by atoms with Gasteiger partial charge < -0.3 is 28.3 Å². The molecule has 8 nitrogen and oxygen atoms in total. The zero-order valence-corrected chi connectivity index (χ0v) is 39.5. The van der Waals surface area contributed by atoms with Crippen molar-refractivity contribution in [1.82, 2.24) is 0 Å². The number of ether oxygens (including phenoxy) is 4. The van der Waals surface area contributed by atoms with E-state index in [0.29, 0.717) is 35.5 Å². The van der Waals surface area contributed by atoms with Crippen LogP contribution in [0.1, 0.15) is 84.5 Å². The predicted octanol–water partition coefficient (Wildman–Crippen LogP) is 11.7. The molecule has 64 heavy (non-hydrogen) atoms. The molecule has 0 atom stereocenters. The van der Waals surface area contributed by atoms with Crippen molar-refractivity contribution in [2.45, 2.75) is 65.6 Å². The molecule has 0 spiro atoms. The van der Waals surface area contributed by atoms with Crippen LogP contribution in [0.25, 0.3) is 11.1 Å². The molecular formula is C52H54BBrF2O8. The number of Topliss-reactive ketones (excluding diaryl/α,β-unsaturated/α-hetero) is 2. The molecule has 0 amide bonds. The quantitative estimate of drug-likeness (QED) is 0.0885. The molecule has 12 heteroatoms. The second-order valence-electron chi connectivity index (χ2n) is 16.2. The Morgan fingerprint density at radius 2 is 0.938 bits per heavy atom. The molecule has 7 rings (SSSR count). The molecule has 0 unspecified atom stereocenters. The molecule has 6 aromatic carbocycles. The maximum Gasteiger partial charge on any atom is 0.498 e. The first-order chi connectivity index (χ1) is 30.4. The molecule has 0 radical (unpaired) electrons. The smallest absolute Gasteiger partial charge is 0.497 e. The number of halogens is 3. The Hall–Kier alpha value is -5.82. The summed E-state index contributed by atoms with van der Waals surface area (Å²) in [6.45, 7) is 11.2. The Morgan fingerprint density at radius 1 is 0.531 bits per heavy atom. The molecular weight excluding hydrogens is 881 g/mol. The van der Waals surface area contributed by atoms with Crippen molar-refractivity contribution >= 4 is 40.1 Å². The third-order valence-electron chi connectivity index (χ3n) is 11.1. The van der Waals surface area contributed by atoms with Crippen LogP contribution in [0, 0.1) is 11.6 Å². The van der Waals surface area contributed by atoms with Crippen LogP contribution in [0.5, 0.6) is 23.0 Å². The minimum atomic E-state index is -0.479. The molecule has 1 aliphatic rings. The van der Waals surface area contributed by atoms with Crippen molar-refractivity contribution in [3.8, 4) is 34.1 Å². The van der Waals surface area contributed by atoms with Crippen molar-refractivity contribution in [3.05, 3.63) is 171 Å². The van der Waals surface area contributed by atoms with Gasteiger partial charge in [-0.3, -0.25) is 9.59 Å². The van der Waals surface area contributed by atoms with E-state index in [2.05, 4.69) is 15.9 Å². The number of carbonyl (C=O) groups is 2. The van der Waals surface area contributed by atoms with E-state index in [1.165, 1.54) is 38.1 Å². The van der Waals surface area contributed by atoms with E-state index in [4.69, 9.17) is 28.3 Å². The van der Waals surface area contributed by atoms with Crippen LogP contribution >= 0.6 is 15.9 Å². The lowest BCUT2D eigenvalue weighted by Gasteiger charge is -2.32. The molecule has 0 aliphatic carbocycles. The van der Waals surface area contributed by atoms with E-state index in [9.17, 15) is 18.4 Å². The summed E-state index contributed by atoms with van der Waals surface area (Å²) in [6.07, 6.45) is 1.38. The van der Waals surface area contributed by atoms with E-state index in [-0.39, 0.29) is 23.2 Å². The maximum atomic E-state index is 13.1. The van der Waals surface area contributed by atoms with Gasteiger partial charge in [0.1, 0.15) is 34.6 Å². The maximum absolute atomic E-state index is 13.1. The van der Waals surface area contributed by atoms with Gasteiger partial charge in [-0.1, -0.05) is 64.5 Å². The summed E-state index contributed by atoms with van der Waals surface area (Å²) in [4.78, 5) is 23.0. The van der Waals surface area contributed by atoms with Crippen LogP contribution < -0.4 is 24.4 Å². The number of rotatable bonds is 12. The van der Waals surface area contributed by atoms with Gasteiger partial charge in [0, 0.05) is 15.5 Å². The van der Waals surface area contributed by atoms with Gasteiger partial charge in [-0.2, -0.15) is 0 Å². The molecule has 1 fully saturated rings. The van der Waals surface area contributed by atoms with Gasteiger partial charge in [0.05, 0.1) is 50.8 Å². The van der Waals surface area contributed by atoms with Crippen molar-refractivity contribution in [1.29, 1.82) is 0 Å². The normalized spacial score (nSPS) is 13.4. The van der Waals surface area contributed by atoms with E-state index in [1.807, 2.05) is 82.3 Å². The molecule has 0 saturated carbocycles. The Bertz CT molecular complexity index is 2540. The van der Waals surface area contributed by atoms with Crippen molar-refractivity contribution in [2.24, 2.45) is 0 Å². The Morgan fingerprint density at radius 3 is 1.41 bits per heavy atom. The number of benzene rings is 6. The summed E-state index contributed by atoms with van der Waals surface area (Å²) >= 11 is 3.29. The van der Waals surface area contributed by atoms with E-state index in [1.54, 1.807) is 70.9 Å². The second-order valence-corrected chi connectivity index (χ2v) is 17.1. The van der Waals surface area contributed by atoms with E-state index >= 15 is 0 Å². The third kappa shape index (κ3) is 12.5. The fraction of sp³-hybridized carbons (Fsp3) is 0.269. The lowest BCUT2D eigenvalue weighted by molar-refractivity contribution is 0.00578. The molecule has 0 bridgehead atoms. The first-order valence-corrected chi connectivity index (χ1v) is 21.4. The largest absolute Gasteiger partial charge is 0.498 e. The Kier molecular flexibility index (Phi) is 16.7. The Balaban J connectivity index is 0.000000193. The lowest BCUT2D eigenvalue weighted by atomic mass is 9.77. The molecule has 1 saturated heterocycles. The van der Waals surface area contributed by atoms with Crippen LogP contribution in [0.15, 0.2) is 126 Å². The highest BCUT2D eigenvalue weighted by Crippen LogP contribution is 2.38. The Labute approximate surface area is 384 Å². The fourth-order valence-corrected chi connectivity index (χ4v) is 7.28. The molecule has 334 valence electrons. The number of methoxy groups -OCH3 is 4. The summed E-state index contributed by atoms with van der Waals surface area (Å²) in [7, 11) is 5.88. The van der Waals surface area contributed by atoms with Gasteiger partial charge in [0.2, 0.25) is 0 Å². The highest BCUT2D eigenvalue weighted by atomic mass is 79.9. The minimum Gasteiger partial charge on any atom is -0.497 e. The average molecular weight is 936 g/mol. The van der Waals surface area contributed by atoms with Crippen molar-refractivity contribution < 1.29 is 46.6 Å². The predicted molar refractivity (Wildman–Crippen MR) is 253 cm³/mol. The average Bonchev–Trinajstić information content (AvgIpc) is 3.50. The third-order valence-corrected chi connectivity index (χ3v) is 11.6. The SMILES string of the molecule is COc1ccc(-c2cc(Cc3ccc(F)cc3)ccc2OC)cc1C(C)=O.COc1ccc(Br)cc1C(C)=O.COc1ccc(Cc2ccc(F)cc2)cc1B1OC(C)(C)C(C)(C)O1. The fourth-order valence-electron chi connectivity index (χ4n) is 6.92. The van der Waals surface area contributed by atoms with Gasteiger partial charge in [-0.05, 0) is 155 Å². The molecule has 0 aromatic heterocycles. The first-order valence-electron chi connectivity index (χ1n) is 20.6. The van der Waals surface area contributed by atoms with Crippen molar-refractivity contribution in [3.63, 3.8) is 0 Å². The number of hydrogen-bond donors (Lipinski definition) is 0. The van der Waals surface area contributed by atoms with Crippen LogP contribution in [0.3, 0.4) is 0 Å². The summed E-state index contributed by atoms with van der Waals surface area (Å²) in [5.74, 6) is 2.10. The zero-order valence-electron chi connectivity index (χ0n) is 37.9. The highest BCUT2D eigenvalue weighted by Gasteiger charge is 2.52. The van der Waals surface area contributed by atoms with E-state index in [0.717, 1.165) is 54.8 Å². The summed E-state index contributed by atoms with van der Waals surface area (Å²) in [5.41, 5.74) is 7.19. The molecule has 6 aromatic rings. The molecule has 0 N–H and O–H groups in total.